The van der Waals surface area contributed by atoms with Gasteiger partial charge in [0, 0.05) is 6.04 Å². The molecule has 0 aromatic heterocycles. The lowest BCUT2D eigenvalue weighted by Crippen LogP contribution is -2.28. The van der Waals surface area contributed by atoms with Crippen molar-refractivity contribution in [2.75, 3.05) is 0 Å². The molecule has 1 radical (unpaired) electrons. The zero-order valence-electron chi connectivity index (χ0n) is 4.14. The van der Waals surface area contributed by atoms with E-state index in [1.807, 2.05) is 0 Å². The van der Waals surface area contributed by atoms with Crippen LogP contribution in [0.25, 0.3) is 0 Å². The number of amides is 1. The summed E-state index contributed by atoms with van der Waals surface area (Å²) in [7, 11) is 0. The van der Waals surface area contributed by atoms with Crippen molar-refractivity contribution in [2.45, 2.75) is 13.0 Å². The summed E-state index contributed by atoms with van der Waals surface area (Å²) in [5.74, 6) is 0. The van der Waals surface area contributed by atoms with Crippen LogP contribution in [-0.4, -0.2) is 17.2 Å². The molecule has 3 nitrogen and oxygen atoms in total. The molecule has 0 saturated carbocycles. The first kappa shape index (κ1) is 6.27. The second-order valence-electron chi connectivity index (χ2n) is 1.35. The number of carboxylic acid groups (broad SMARTS) is 1. The Balaban J connectivity index is 3.13. The first-order valence-electron chi connectivity index (χ1n) is 1.95. The van der Waals surface area contributed by atoms with E-state index in [1.54, 1.807) is 6.92 Å². The molecule has 0 rings (SSSR count). The number of hydrogen-bond donors (Lipinski definition) is 2. The Hall–Kier alpha value is -0.730. The molecular formula is C4H8NO2. The summed E-state index contributed by atoms with van der Waals surface area (Å²) in [6, 6.07) is -0.225. The highest BCUT2D eigenvalue weighted by Gasteiger charge is 1.94. The van der Waals surface area contributed by atoms with Gasteiger partial charge in [-0.2, -0.15) is 0 Å². The lowest BCUT2D eigenvalue weighted by atomic mass is 10.4. The second-order valence-corrected chi connectivity index (χ2v) is 1.35. The zero-order valence-corrected chi connectivity index (χ0v) is 4.14. The molecule has 7 heavy (non-hydrogen) atoms. The SMILES string of the molecule is [CH2]C(C)NC(=O)O. The second kappa shape index (κ2) is 2.44. The molecule has 1 amide bonds. The van der Waals surface area contributed by atoms with Gasteiger partial charge in [0.15, 0.2) is 0 Å². The Morgan fingerprint density at radius 3 is 2.43 bits per heavy atom. The minimum Gasteiger partial charge on any atom is -0.465 e. The van der Waals surface area contributed by atoms with E-state index in [9.17, 15) is 4.79 Å². The lowest BCUT2D eigenvalue weighted by molar-refractivity contribution is 0.192. The van der Waals surface area contributed by atoms with Crippen LogP contribution in [-0.2, 0) is 0 Å². The third kappa shape index (κ3) is 5.27. The highest BCUT2D eigenvalue weighted by atomic mass is 16.4. The smallest absolute Gasteiger partial charge is 0.404 e. The number of hydrogen-bond acceptors (Lipinski definition) is 1. The Labute approximate surface area is 42.3 Å². The van der Waals surface area contributed by atoms with Crippen LogP contribution in [0.3, 0.4) is 0 Å². The predicted molar refractivity (Wildman–Crippen MR) is 26.0 cm³/mol. The van der Waals surface area contributed by atoms with Gasteiger partial charge in [-0.05, 0) is 13.8 Å². The minimum absolute atomic E-state index is 0.225. The maximum Gasteiger partial charge on any atom is 0.404 e. The summed E-state index contributed by atoms with van der Waals surface area (Å²) < 4.78 is 0. The van der Waals surface area contributed by atoms with E-state index >= 15 is 0 Å². The molecule has 0 saturated heterocycles. The Bertz CT molecular complexity index is 70.1. The van der Waals surface area contributed by atoms with E-state index in [0.717, 1.165) is 0 Å². The molecule has 0 aliphatic heterocycles. The van der Waals surface area contributed by atoms with E-state index in [2.05, 4.69) is 12.2 Å². The van der Waals surface area contributed by atoms with Crippen LogP contribution in [0.15, 0.2) is 0 Å². The van der Waals surface area contributed by atoms with Gasteiger partial charge in [0.25, 0.3) is 0 Å². The largest absolute Gasteiger partial charge is 0.465 e. The molecule has 0 fully saturated rings. The molecule has 3 heteroatoms. The molecule has 0 aromatic carbocycles. The van der Waals surface area contributed by atoms with E-state index < -0.39 is 6.09 Å². The molecule has 41 valence electrons. The van der Waals surface area contributed by atoms with E-state index in [0.29, 0.717) is 0 Å². The van der Waals surface area contributed by atoms with Gasteiger partial charge in [-0.15, -0.1) is 0 Å². The molecule has 1 unspecified atom stereocenters. The quantitative estimate of drug-likeness (QED) is 0.505. The molecule has 0 aliphatic rings. The van der Waals surface area contributed by atoms with Gasteiger partial charge in [0.1, 0.15) is 0 Å². The minimum atomic E-state index is -1.03. The van der Waals surface area contributed by atoms with Gasteiger partial charge >= 0.3 is 6.09 Å². The normalized spacial score (nSPS) is 9.00. The molecule has 0 aromatic rings. The Morgan fingerprint density at radius 1 is 2.00 bits per heavy atom. The summed E-state index contributed by atoms with van der Waals surface area (Å²) in [5, 5.41) is 10.0. The fourth-order valence-electron chi connectivity index (χ4n) is 0.211. The van der Waals surface area contributed by atoms with Crippen LogP contribution in [0, 0.1) is 6.92 Å². The topological polar surface area (TPSA) is 49.3 Å². The van der Waals surface area contributed by atoms with Gasteiger partial charge < -0.3 is 10.4 Å². The van der Waals surface area contributed by atoms with Gasteiger partial charge in [-0.25, -0.2) is 4.79 Å². The fraction of sp³-hybridized carbons (Fsp3) is 0.500. The van der Waals surface area contributed by atoms with Crippen molar-refractivity contribution < 1.29 is 9.90 Å². The zero-order chi connectivity index (χ0) is 5.86. The summed E-state index contributed by atoms with van der Waals surface area (Å²) >= 11 is 0. The van der Waals surface area contributed by atoms with Crippen LogP contribution in [0.4, 0.5) is 4.79 Å². The van der Waals surface area contributed by atoms with Crippen molar-refractivity contribution in [3.8, 4) is 0 Å². The molecule has 2 N–H and O–H groups in total. The van der Waals surface area contributed by atoms with Crippen molar-refractivity contribution in [1.82, 2.24) is 5.32 Å². The van der Waals surface area contributed by atoms with Gasteiger partial charge in [-0.3, -0.25) is 0 Å². The van der Waals surface area contributed by atoms with Gasteiger partial charge in [0.05, 0.1) is 0 Å². The Kier molecular flexibility index (Phi) is 2.19. The number of nitrogens with one attached hydrogen (secondary N) is 1. The van der Waals surface area contributed by atoms with Crippen LogP contribution in [0.2, 0.25) is 0 Å². The highest BCUT2D eigenvalue weighted by molar-refractivity contribution is 5.64. The maximum atomic E-state index is 9.66. The third-order valence-corrected chi connectivity index (χ3v) is 0.370. The summed E-state index contributed by atoms with van der Waals surface area (Å²) in [5.41, 5.74) is 0. The van der Waals surface area contributed by atoms with Crippen molar-refractivity contribution >= 4 is 6.09 Å². The highest BCUT2D eigenvalue weighted by Crippen LogP contribution is 1.72. The Morgan fingerprint density at radius 2 is 2.43 bits per heavy atom. The summed E-state index contributed by atoms with van der Waals surface area (Å²) in [6.45, 7) is 5.05. The molecule has 0 bridgehead atoms. The standard InChI is InChI=1S/C4H8NO2/c1-3(2)5-4(6)7/h3,5H,1H2,2H3,(H,6,7). The lowest BCUT2D eigenvalue weighted by Gasteiger charge is -2.00. The van der Waals surface area contributed by atoms with Crippen LogP contribution in [0.5, 0.6) is 0 Å². The van der Waals surface area contributed by atoms with Crippen LogP contribution < -0.4 is 5.32 Å². The fourth-order valence-corrected chi connectivity index (χ4v) is 0.211. The van der Waals surface area contributed by atoms with Gasteiger partial charge in [-0.1, -0.05) is 0 Å². The van der Waals surface area contributed by atoms with E-state index in [4.69, 9.17) is 5.11 Å². The molecule has 0 spiro atoms. The first-order valence-corrected chi connectivity index (χ1v) is 1.95. The average molecular weight is 102 g/mol. The third-order valence-electron chi connectivity index (χ3n) is 0.370. The maximum absolute atomic E-state index is 9.66. The van der Waals surface area contributed by atoms with Crippen molar-refractivity contribution in [1.29, 1.82) is 0 Å². The van der Waals surface area contributed by atoms with Gasteiger partial charge in [0.2, 0.25) is 0 Å². The molecule has 0 heterocycles. The van der Waals surface area contributed by atoms with Crippen LogP contribution >= 0.6 is 0 Å². The monoisotopic (exact) mass is 102 g/mol. The van der Waals surface area contributed by atoms with Crippen molar-refractivity contribution in [3.05, 3.63) is 6.92 Å². The number of rotatable bonds is 1. The first-order chi connectivity index (χ1) is 3.13. The molecule has 1 atom stereocenters. The van der Waals surface area contributed by atoms with E-state index in [1.165, 1.54) is 0 Å². The molecule has 0 aliphatic carbocycles. The van der Waals surface area contributed by atoms with Crippen molar-refractivity contribution in [2.24, 2.45) is 0 Å². The van der Waals surface area contributed by atoms with Crippen LogP contribution in [0.1, 0.15) is 6.92 Å². The predicted octanol–water partition coefficient (Wildman–Crippen LogP) is 0.477. The number of carbonyl (C=O) groups is 1. The summed E-state index contributed by atoms with van der Waals surface area (Å²) in [4.78, 5) is 9.66. The molecular weight excluding hydrogens is 94.0 g/mol. The average Bonchev–Trinajstić information content (AvgIpc) is 1.27. The van der Waals surface area contributed by atoms with E-state index in [-0.39, 0.29) is 6.04 Å². The summed E-state index contributed by atoms with van der Waals surface area (Å²) in [6.07, 6.45) is -1.03. The van der Waals surface area contributed by atoms with Crippen molar-refractivity contribution in [3.63, 3.8) is 0 Å².